The second-order valence-corrected chi connectivity index (χ2v) is 5.81. The van der Waals surface area contributed by atoms with Crippen molar-refractivity contribution in [1.29, 1.82) is 5.26 Å². The van der Waals surface area contributed by atoms with Crippen LogP contribution >= 0.6 is 11.6 Å². The Balaban J connectivity index is 2.00. The van der Waals surface area contributed by atoms with Gasteiger partial charge in [0.2, 0.25) is 0 Å². The summed E-state index contributed by atoms with van der Waals surface area (Å²) < 4.78 is 0. The van der Waals surface area contributed by atoms with E-state index in [0.29, 0.717) is 10.6 Å². The Bertz CT molecular complexity index is 473. The number of benzene rings is 1. The van der Waals surface area contributed by atoms with Crippen LogP contribution in [0.1, 0.15) is 18.4 Å². The topological polar surface area (TPSA) is 30.3 Å². The van der Waals surface area contributed by atoms with Crippen LogP contribution in [0.15, 0.2) is 18.2 Å². The number of anilines is 1. The quantitative estimate of drug-likeness (QED) is 0.851. The van der Waals surface area contributed by atoms with Crippen molar-refractivity contribution < 1.29 is 0 Å². The van der Waals surface area contributed by atoms with Gasteiger partial charge in [0.05, 0.1) is 22.3 Å². The third-order valence-electron chi connectivity index (χ3n) is 3.86. The first-order valence-corrected chi connectivity index (χ1v) is 7.07. The van der Waals surface area contributed by atoms with Gasteiger partial charge in [-0.15, -0.1) is 0 Å². The van der Waals surface area contributed by atoms with Crippen molar-refractivity contribution in [3.05, 3.63) is 28.8 Å². The zero-order valence-corrected chi connectivity index (χ0v) is 12.3. The van der Waals surface area contributed by atoms with Gasteiger partial charge in [-0.05, 0) is 57.1 Å². The molecule has 0 saturated carbocycles. The second-order valence-electron chi connectivity index (χ2n) is 5.41. The first-order chi connectivity index (χ1) is 9.10. The SMILES string of the molecule is CN1CCC(CN(C)c2ccc(C#N)cc2Cl)CC1. The van der Waals surface area contributed by atoms with E-state index >= 15 is 0 Å². The van der Waals surface area contributed by atoms with Crippen molar-refractivity contribution in [1.82, 2.24) is 4.90 Å². The van der Waals surface area contributed by atoms with Crippen molar-refractivity contribution in [2.75, 3.05) is 38.6 Å². The van der Waals surface area contributed by atoms with Gasteiger partial charge in [0.25, 0.3) is 0 Å². The van der Waals surface area contributed by atoms with Crippen LogP contribution in [0.2, 0.25) is 5.02 Å². The minimum absolute atomic E-state index is 0.612. The van der Waals surface area contributed by atoms with Crippen LogP contribution in [-0.2, 0) is 0 Å². The van der Waals surface area contributed by atoms with Gasteiger partial charge in [0, 0.05) is 13.6 Å². The Kier molecular flexibility index (Phi) is 4.68. The third kappa shape index (κ3) is 3.62. The number of hydrogen-bond donors (Lipinski definition) is 0. The van der Waals surface area contributed by atoms with Crippen molar-refractivity contribution in [2.45, 2.75) is 12.8 Å². The Hall–Kier alpha value is -1.24. The molecule has 1 aliphatic heterocycles. The fraction of sp³-hybridized carbons (Fsp3) is 0.533. The Labute approximate surface area is 120 Å². The summed E-state index contributed by atoms with van der Waals surface area (Å²) in [5.74, 6) is 0.730. The number of rotatable bonds is 3. The lowest BCUT2D eigenvalue weighted by Gasteiger charge is -2.32. The van der Waals surface area contributed by atoms with Gasteiger partial charge < -0.3 is 9.80 Å². The van der Waals surface area contributed by atoms with Gasteiger partial charge >= 0.3 is 0 Å². The molecule has 4 heteroatoms. The summed E-state index contributed by atoms with van der Waals surface area (Å²) in [7, 11) is 4.25. The molecule has 0 amide bonds. The number of nitrogens with zero attached hydrogens (tertiary/aromatic N) is 3. The maximum absolute atomic E-state index is 8.85. The molecular formula is C15H20ClN3. The lowest BCUT2D eigenvalue weighted by atomic mass is 9.96. The molecule has 0 unspecified atom stereocenters. The molecule has 1 aliphatic rings. The summed E-state index contributed by atoms with van der Waals surface area (Å²) in [5, 5.41) is 9.51. The molecule has 0 bridgehead atoms. The monoisotopic (exact) mass is 277 g/mol. The van der Waals surface area contributed by atoms with Crippen molar-refractivity contribution in [3.63, 3.8) is 0 Å². The van der Waals surface area contributed by atoms with Gasteiger partial charge in [0.15, 0.2) is 0 Å². The van der Waals surface area contributed by atoms with E-state index in [9.17, 15) is 0 Å². The molecule has 0 aromatic heterocycles. The minimum atomic E-state index is 0.612. The molecule has 0 atom stereocenters. The maximum Gasteiger partial charge on any atom is 0.0992 e. The maximum atomic E-state index is 8.85. The lowest BCUT2D eigenvalue weighted by molar-refractivity contribution is 0.222. The van der Waals surface area contributed by atoms with Crippen LogP contribution < -0.4 is 4.90 Å². The van der Waals surface area contributed by atoms with Gasteiger partial charge in [-0.1, -0.05) is 11.6 Å². The molecule has 102 valence electrons. The highest BCUT2D eigenvalue weighted by Crippen LogP contribution is 2.28. The van der Waals surface area contributed by atoms with Crippen molar-refractivity contribution >= 4 is 17.3 Å². The highest BCUT2D eigenvalue weighted by molar-refractivity contribution is 6.33. The standard InChI is InChI=1S/C15H20ClN3/c1-18-7-5-12(6-8-18)11-19(2)15-4-3-13(10-17)9-14(15)16/h3-4,9,12H,5-8,11H2,1-2H3. The first kappa shape index (κ1) is 14.2. The van der Waals surface area contributed by atoms with E-state index in [1.807, 2.05) is 12.1 Å². The number of halogens is 1. The van der Waals surface area contributed by atoms with Gasteiger partial charge in [0.1, 0.15) is 0 Å². The molecule has 2 rings (SSSR count). The molecular weight excluding hydrogens is 258 g/mol. The van der Waals surface area contributed by atoms with Crippen LogP contribution in [0.25, 0.3) is 0 Å². The third-order valence-corrected chi connectivity index (χ3v) is 4.16. The molecule has 3 nitrogen and oxygen atoms in total. The number of nitriles is 1. The minimum Gasteiger partial charge on any atom is -0.373 e. The van der Waals surface area contributed by atoms with Crippen LogP contribution in [0.5, 0.6) is 0 Å². The Morgan fingerprint density at radius 2 is 2.11 bits per heavy atom. The van der Waals surface area contributed by atoms with Crippen molar-refractivity contribution in [2.24, 2.45) is 5.92 Å². The van der Waals surface area contributed by atoms with E-state index in [0.717, 1.165) is 18.2 Å². The highest BCUT2D eigenvalue weighted by atomic mass is 35.5. The van der Waals surface area contributed by atoms with Gasteiger partial charge in [-0.25, -0.2) is 0 Å². The smallest absolute Gasteiger partial charge is 0.0992 e. The van der Waals surface area contributed by atoms with Crippen LogP contribution in [-0.4, -0.2) is 38.6 Å². The number of hydrogen-bond acceptors (Lipinski definition) is 3. The molecule has 0 radical (unpaired) electrons. The summed E-state index contributed by atoms with van der Waals surface area (Å²) in [6, 6.07) is 7.62. The molecule has 1 aromatic carbocycles. The molecule has 1 fully saturated rings. The fourth-order valence-electron chi connectivity index (χ4n) is 2.62. The lowest BCUT2D eigenvalue weighted by Crippen LogP contribution is -2.35. The molecule has 0 spiro atoms. The molecule has 0 aliphatic carbocycles. The predicted molar refractivity (Wildman–Crippen MR) is 79.7 cm³/mol. The zero-order valence-electron chi connectivity index (χ0n) is 11.6. The summed E-state index contributed by atoms with van der Waals surface area (Å²) in [5.41, 5.74) is 1.63. The van der Waals surface area contributed by atoms with Crippen LogP contribution in [0.4, 0.5) is 5.69 Å². The van der Waals surface area contributed by atoms with E-state index in [1.165, 1.54) is 25.9 Å². The molecule has 0 N–H and O–H groups in total. The normalized spacial score (nSPS) is 17.2. The average Bonchev–Trinajstić information content (AvgIpc) is 2.41. The summed E-state index contributed by atoms with van der Waals surface area (Å²) >= 11 is 6.24. The summed E-state index contributed by atoms with van der Waals surface area (Å²) in [6.45, 7) is 3.39. The summed E-state index contributed by atoms with van der Waals surface area (Å²) in [4.78, 5) is 4.59. The summed E-state index contributed by atoms with van der Waals surface area (Å²) in [6.07, 6.45) is 2.49. The first-order valence-electron chi connectivity index (χ1n) is 6.69. The Morgan fingerprint density at radius 1 is 1.42 bits per heavy atom. The average molecular weight is 278 g/mol. The predicted octanol–water partition coefficient (Wildman–Crippen LogP) is 2.99. The molecule has 19 heavy (non-hydrogen) atoms. The van der Waals surface area contributed by atoms with Gasteiger partial charge in [-0.3, -0.25) is 0 Å². The van der Waals surface area contributed by atoms with E-state index < -0.39 is 0 Å². The Morgan fingerprint density at radius 3 is 2.68 bits per heavy atom. The van der Waals surface area contributed by atoms with Gasteiger partial charge in [-0.2, -0.15) is 5.26 Å². The van der Waals surface area contributed by atoms with Crippen LogP contribution in [0.3, 0.4) is 0 Å². The zero-order chi connectivity index (χ0) is 13.8. The van der Waals surface area contributed by atoms with Crippen LogP contribution in [0, 0.1) is 17.2 Å². The van der Waals surface area contributed by atoms with E-state index in [-0.39, 0.29) is 0 Å². The highest BCUT2D eigenvalue weighted by Gasteiger charge is 2.19. The second kappa shape index (κ2) is 6.27. The molecule has 1 aromatic rings. The number of likely N-dealkylation sites (tertiary alicyclic amines) is 1. The molecule has 1 saturated heterocycles. The largest absolute Gasteiger partial charge is 0.373 e. The van der Waals surface area contributed by atoms with E-state index in [4.69, 9.17) is 16.9 Å². The fourth-order valence-corrected chi connectivity index (χ4v) is 2.94. The number of piperidine rings is 1. The van der Waals surface area contributed by atoms with E-state index in [2.05, 4.69) is 30.0 Å². The van der Waals surface area contributed by atoms with E-state index in [1.54, 1.807) is 6.07 Å². The molecule has 1 heterocycles. The van der Waals surface area contributed by atoms with Crippen molar-refractivity contribution in [3.8, 4) is 6.07 Å².